The lowest BCUT2D eigenvalue weighted by atomic mass is 10.2. The van der Waals surface area contributed by atoms with Crippen LogP contribution in [0.4, 0.5) is 11.4 Å². The average molecular weight is 247 g/mol. The lowest BCUT2D eigenvalue weighted by Crippen LogP contribution is -2.40. The minimum Gasteiger partial charge on any atom is -0.397 e. The lowest BCUT2D eigenvalue weighted by molar-refractivity contribution is 0.0672. The second kappa shape index (κ2) is 6.40. The van der Waals surface area contributed by atoms with Crippen molar-refractivity contribution in [2.75, 3.05) is 32.0 Å². The molecule has 1 heterocycles. The van der Waals surface area contributed by atoms with Crippen LogP contribution in [0.3, 0.4) is 0 Å². The molecule has 0 unspecified atom stereocenters. The zero-order valence-electron chi connectivity index (χ0n) is 10.9. The lowest BCUT2D eigenvalue weighted by Gasteiger charge is -2.30. The van der Waals surface area contributed by atoms with Gasteiger partial charge in [-0.1, -0.05) is 19.1 Å². The number of para-hydroxylation sites is 2. The van der Waals surface area contributed by atoms with Crippen molar-refractivity contribution in [1.29, 1.82) is 0 Å². The topological polar surface area (TPSA) is 50.8 Å². The van der Waals surface area contributed by atoms with Gasteiger partial charge in [-0.05, 0) is 18.6 Å². The Kier molecular flexibility index (Phi) is 4.59. The van der Waals surface area contributed by atoms with Crippen LogP contribution in [0.25, 0.3) is 0 Å². The van der Waals surface area contributed by atoms with Crippen molar-refractivity contribution >= 4 is 17.2 Å². The Morgan fingerprint density at radius 3 is 2.72 bits per heavy atom. The van der Waals surface area contributed by atoms with Crippen LogP contribution in [-0.4, -0.2) is 37.0 Å². The Morgan fingerprint density at radius 1 is 1.33 bits per heavy atom. The van der Waals surface area contributed by atoms with Crippen LogP contribution in [0.1, 0.15) is 19.8 Å². The van der Waals surface area contributed by atoms with Crippen LogP contribution < -0.4 is 5.73 Å². The fourth-order valence-electron chi connectivity index (χ4n) is 2.06. The second-order valence-electron chi connectivity index (χ2n) is 4.44. The number of ether oxygens (including phenoxy) is 1. The third-order valence-electron chi connectivity index (χ3n) is 3.04. The largest absolute Gasteiger partial charge is 0.397 e. The molecule has 98 valence electrons. The van der Waals surface area contributed by atoms with Crippen molar-refractivity contribution in [3.05, 3.63) is 24.3 Å². The van der Waals surface area contributed by atoms with Gasteiger partial charge in [-0.25, -0.2) is 4.99 Å². The number of morpholine rings is 1. The second-order valence-corrected chi connectivity index (χ2v) is 4.44. The van der Waals surface area contributed by atoms with Crippen molar-refractivity contribution in [1.82, 2.24) is 4.90 Å². The molecular formula is C14H21N3O. The van der Waals surface area contributed by atoms with E-state index in [0.29, 0.717) is 0 Å². The first kappa shape index (κ1) is 12.9. The molecule has 0 aromatic heterocycles. The maximum Gasteiger partial charge on any atom is 0.105 e. The number of anilines is 1. The molecule has 0 radical (unpaired) electrons. The maximum atomic E-state index is 5.94. The van der Waals surface area contributed by atoms with Crippen LogP contribution in [0.15, 0.2) is 29.3 Å². The van der Waals surface area contributed by atoms with Crippen LogP contribution >= 0.6 is 0 Å². The van der Waals surface area contributed by atoms with Gasteiger partial charge in [0.15, 0.2) is 0 Å². The molecule has 1 aromatic carbocycles. The van der Waals surface area contributed by atoms with Crippen molar-refractivity contribution in [3.63, 3.8) is 0 Å². The summed E-state index contributed by atoms with van der Waals surface area (Å²) in [5.41, 5.74) is 7.55. The SMILES string of the molecule is CCCC(=Nc1ccccc1N)N1CCOCC1. The Balaban J connectivity index is 2.20. The monoisotopic (exact) mass is 247 g/mol. The molecular weight excluding hydrogens is 226 g/mol. The summed E-state index contributed by atoms with van der Waals surface area (Å²) in [7, 11) is 0. The Bertz CT molecular complexity index is 411. The summed E-state index contributed by atoms with van der Waals surface area (Å²) in [6.45, 7) is 5.58. The molecule has 18 heavy (non-hydrogen) atoms. The molecule has 2 N–H and O–H groups in total. The van der Waals surface area contributed by atoms with Crippen LogP contribution in [-0.2, 0) is 4.74 Å². The third-order valence-corrected chi connectivity index (χ3v) is 3.04. The van der Waals surface area contributed by atoms with E-state index in [1.165, 1.54) is 0 Å². The first-order valence-corrected chi connectivity index (χ1v) is 6.56. The predicted octanol–water partition coefficient (Wildman–Crippen LogP) is 2.43. The summed E-state index contributed by atoms with van der Waals surface area (Å²) in [5.74, 6) is 1.12. The summed E-state index contributed by atoms with van der Waals surface area (Å²) >= 11 is 0. The van der Waals surface area contributed by atoms with Crippen LogP contribution in [0.5, 0.6) is 0 Å². The predicted molar refractivity (Wildman–Crippen MR) is 75.2 cm³/mol. The number of rotatable bonds is 3. The van der Waals surface area contributed by atoms with E-state index >= 15 is 0 Å². The highest BCUT2D eigenvalue weighted by atomic mass is 16.5. The molecule has 0 amide bonds. The highest BCUT2D eigenvalue weighted by molar-refractivity contribution is 5.86. The van der Waals surface area contributed by atoms with Gasteiger partial charge < -0.3 is 15.4 Å². The molecule has 1 aliphatic rings. The van der Waals surface area contributed by atoms with E-state index in [1.54, 1.807) is 0 Å². The van der Waals surface area contributed by atoms with E-state index in [1.807, 2.05) is 24.3 Å². The van der Waals surface area contributed by atoms with Gasteiger partial charge in [0.25, 0.3) is 0 Å². The molecule has 0 spiro atoms. The highest BCUT2D eigenvalue weighted by Gasteiger charge is 2.14. The summed E-state index contributed by atoms with van der Waals surface area (Å²) < 4.78 is 5.38. The molecule has 0 bridgehead atoms. The van der Waals surface area contributed by atoms with Gasteiger partial charge in [0.1, 0.15) is 5.84 Å². The molecule has 4 nitrogen and oxygen atoms in total. The Labute approximate surface area is 108 Å². The van der Waals surface area contributed by atoms with E-state index in [4.69, 9.17) is 15.5 Å². The number of hydrogen-bond acceptors (Lipinski definition) is 3. The molecule has 0 saturated carbocycles. The van der Waals surface area contributed by atoms with Gasteiger partial charge in [-0.3, -0.25) is 0 Å². The van der Waals surface area contributed by atoms with Crippen LogP contribution in [0, 0.1) is 0 Å². The van der Waals surface area contributed by atoms with Gasteiger partial charge in [0, 0.05) is 19.5 Å². The zero-order valence-corrected chi connectivity index (χ0v) is 10.9. The van der Waals surface area contributed by atoms with E-state index < -0.39 is 0 Å². The molecule has 1 fully saturated rings. The number of aliphatic imine (C=N–C) groups is 1. The molecule has 1 aromatic rings. The van der Waals surface area contributed by atoms with Crippen molar-refractivity contribution in [3.8, 4) is 0 Å². The molecule has 4 heteroatoms. The number of nitrogen functional groups attached to an aromatic ring is 1. The Morgan fingerprint density at radius 2 is 2.06 bits per heavy atom. The van der Waals surface area contributed by atoms with Gasteiger partial charge in [-0.15, -0.1) is 0 Å². The minimum absolute atomic E-state index is 0.736. The standard InChI is InChI=1S/C14H21N3O/c1-2-5-14(17-8-10-18-11-9-17)16-13-7-4-3-6-12(13)15/h3-4,6-7H,2,5,8-11,15H2,1H3. The summed E-state index contributed by atoms with van der Waals surface area (Å²) in [6, 6.07) is 7.76. The smallest absolute Gasteiger partial charge is 0.105 e. The first-order chi connectivity index (χ1) is 8.81. The van der Waals surface area contributed by atoms with E-state index in [9.17, 15) is 0 Å². The zero-order chi connectivity index (χ0) is 12.8. The summed E-state index contributed by atoms with van der Waals surface area (Å²) in [4.78, 5) is 7.04. The van der Waals surface area contributed by atoms with Gasteiger partial charge in [0.2, 0.25) is 0 Å². The van der Waals surface area contributed by atoms with Crippen molar-refractivity contribution in [2.24, 2.45) is 4.99 Å². The average Bonchev–Trinajstić information content (AvgIpc) is 2.42. The van der Waals surface area contributed by atoms with Gasteiger partial charge in [0.05, 0.1) is 24.6 Å². The third kappa shape index (κ3) is 3.23. The van der Waals surface area contributed by atoms with E-state index in [0.717, 1.165) is 56.4 Å². The molecule has 2 rings (SSSR count). The summed E-state index contributed by atoms with van der Waals surface area (Å²) in [6.07, 6.45) is 2.07. The fourth-order valence-corrected chi connectivity index (χ4v) is 2.06. The normalized spacial score (nSPS) is 16.9. The molecule has 1 saturated heterocycles. The van der Waals surface area contributed by atoms with E-state index in [-0.39, 0.29) is 0 Å². The quantitative estimate of drug-likeness (QED) is 0.507. The Hall–Kier alpha value is -1.55. The van der Waals surface area contributed by atoms with Crippen molar-refractivity contribution in [2.45, 2.75) is 19.8 Å². The highest BCUT2D eigenvalue weighted by Crippen LogP contribution is 2.22. The maximum absolute atomic E-state index is 5.94. The first-order valence-electron chi connectivity index (χ1n) is 6.56. The van der Waals surface area contributed by atoms with Crippen molar-refractivity contribution < 1.29 is 4.74 Å². The minimum atomic E-state index is 0.736. The molecule has 0 atom stereocenters. The van der Waals surface area contributed by atoms with Gasteiger partial charge >= 0.3 is 0 Å². The number of nitrogens with two attached hydrogens (primary N) is 1. The number of hydrogen-bond donors (Lipinski definition) is 1. The molecule has 0 aliphatic carbocycles. The van der Waals surface area contributed by atoms with E-state index in [2.05, 4.69) is 11.8 Å². The fraction of sp³-hybridized carbons (Fsp3) is 0.500. The summed E-state index contributed by atoms with van der Waals surface area (Å²) in [5, 5.41) is 0. The van der Waals surface area contributed by atoms with Crippen LogP contribution in [0.2, 0.25) is 0 Å². The number of benzene rings is 1. The number of amidine groups is 1. The van der Waals surface area contributed by atoms with Gasteiger partial charge in [-0.2, -0.15) is 0 Å². The number of nitrogens with zero attached hydrogens (tertiary/aromatic N) is 2. The molecule has 1 aliphatic heterocycles.